The Morgan fingerprint density at radius 3 is 2.38 bits per heavy atom. The van der Waals surface area contributed by atoms with E-state index in [1.807, 2.05) is 18.2 Å². The second-order valence-electron chi connectivity index (χ2n) is 5.70. The van der Waals surface area contributed by atoms with Gasteiger partial charge in [-0.25, -0.2) is 0 Å². The van der Waals surface area contributed by atoms with E-state index >= 15 is 0 Å². The van der Waals surface area contributed by atoms with Crippen LogP contribution in [0.1, 0.15) is 44.7 Å². The zero-order valence-corrected chi connectivity index (χ0v) is 10.8. The topological polar surface area (TPSA) is 17.1 Å². The van der Waals surface area contributed by atoms with Crippen LogP contribution in [0, 0.1) is 12.3 Å². The SMILES string of the molecule is Cc1ccccc1CC(=O)CCC(C)(C)C. The highest BCUT2D eigenvalue weighted by Gasteiger charge is 2.13. The van der Waals surface area contributed by atoms with Gasteiger partial charge in [0, 0.05) is 12.8 Å². The van der Waals surface area contributed by atoms with Crippen LogP contribution in [0.3, 0.4) is 0 Å². The molecular weight excluding hydrogens is 196 g/mol. The molecule has 16 heavy (non-hydrogen) atoms. The lowest BCUT2D eigenvalue weighted by molar-refractivity contribution is -0.118. The Bertz CT molecular complexity index is 358. The second kappa shape index (κ2) is 5.29. The molecule has 0 saturated carbocycles. The molecule has 88 valence electrons. The molecule has 0 N–H and O–H groups in total. The number of aryl methyl sites for hydroxylation is 1. The van der Waals surface area contributed by atoms with Crippen LogP contribution in [-0.2, 0) is 11.2 Å². The fourth-order valence-electron chi connectivity index (χ4n) is 1.62. The van der Waals surface area contributed by atoms with Gasteiger partial charge in [0.2, 0.25) is 0 Å². The fourth-order valence-corrected chi connectivity index (χ4v) is 1.62. The Kier molecular flexibility index (Phi) is 4.28. The van der Waals surface area contributed by atoms with Crippen molar-refractivity contribution >= 4 is 5.78 Å². The molecule has 1 aromatic carbocycles. The molecule has 1 aromatic rings. The summed E-state index contributed by atoms with van der Waals surface area (Å²) in [5, 5.41) is 0. The number of carbonyl (C=O) groups is 1. The minimum atomic E-state index is 0.251. The van der Waals surface area contributed by atoms with E-state index in [9.17, 15) is 4.79 Å². The molecule has 0 amide bonds. The average molecular weight is 218 g/mol. The number of Topliss-reactive ketones (excluding diaryl/α,β-unsaturated/α-hetero) is 1. The van der Waals surface area contributed by atoms with Crippen LogP contribution >= 0.6 is 0 Å². The zero-order valence-electron chi connectivity index (χ0n) is 10.8. The van der Waals surface area contributed by atoms with Gasteiger partial charge in [0.05, 0.1) is 0 Å². The number of hydrogen-bond donors (Lipinski definition) is 0. The molecular formula is C15H22O. The summed E-state index contributed by atoms with van der Waals surface area (Å²) in [5.41, 5.74) is 2.63. The molecule has 1 heteroatoms. The quantitative estimate of drug-likeness (QED) is 0.748. The van der Waals surface area contributed by atoms with E-state index in [0.717, 1.165) is 6.42 Å². The third-order valence-electron chi connectivity index (χ3n) is 2.80. The molecule has 0 unspecified atom stereocenters. The maximum Gasteiger partial charge on any atom is 0.137 e. The summed E-state index contributed by atoms with van der Waals surface area (Å²) in [4.78, 5) is 11.8. The number of ketones is 1. The Hall–Kier alpha value is -1.11. The first-order valence-corrected chi connectivity index (χ1v) is 5.95. The van der Waals surface area contributed by atoms with Crippen molar-refractivity contribution in [3.8, 4) is 0 Å². The lowest BCUT2D eigenvalue weighted by Gasteiger charge is -2.17. The van der Waals surface area contributed by atoms with Crippen LogP contribution in [0.25, 0.3) is 0 Å². The first-order valence-electron chi connectivity index (χ1n) is 5.95. The highest BCUT2D eigenvalue weighted by molar-refractivity contribution is 5.81. The molecule has 0 spiro atoms. The number of carbonyl (C=O) groups excluding carboxylic acids is 1. The van der Waals surface area contributed by atoms with Gasteiger partial charge in [0.25, 0.3) is 0 Å². The van der Waals surface area contributed by atoms with Crippen molar-refractivity contribution in [1.82, 2.24) is 0 Å². The maximum absolute atomic E-state index is 11.8. The van der Waals surface area contributed by atoms with Gasteiger partial charge in [-0.1, -0.05) is 45.0 Å². The molecule has 0 radical (unpaired) electrons. The third-order valence-corrected chi connectivity index (χ3v) is 2.80. The normalized spacial score (nSPS) is 11.5. The van der Waals surface area contributed by atoms with Crippen LogP contribution in [0.2, 0.25) is 0 Å². The molecule has 0 aliphatic carbocycles. The lowest BCUT2D eigenvalue weighted by Crippen LogP contribution is -2.11. The van der Waals surface area contributed by atoms with E-state index in [4.69, 9.17) is 0 Å². The Balaban J connectivity index is 2.50. The van der Waals surface area contributed by atoms with Crippen molar-refractivity contribution in [2.45, 2.75) is 47.0 Å². The lowest BCUT2D eigenvalue weighted by atomic mass is 9.88. The molecule has 0 atom stereocenters. The van der Waals surface area contributed by atoms with Crippen LogP contribution in [0.4, 0.5) is 0 Å². The van der Waals surface area contributed by atoms with Gasteiger partial charge in [-0.05, 0) is 29.9 Å². The van der Waals surface area contributed by atoms with Gasteiger partial charge in [0.1, 0.15) is 5.78 Å². The van der Waals surface area contributed by atoms with Crippen molar-refractivity contribution in [2.24, 2.45) is 5.41 Å². The summed E-state index contributed by atoms with van der Waals surface area (Å²) in [7, 11) is 0. The highest BCUT2D eigenvalue weighted by Crippen LogP contribution is 2.21. The second-order valence-corrected chi connectivity index (χ2v) is 5.70. The molecule has 0 fully saturated rings. The summed E-state index contributed by atoms with van der Waals surface area (Å²) in [6.07, 6.45) is 2.25. The molecule has 0 aliphatic rings. The van der Waals surface area contributed by atoms with Crippen molar-refractivity contribution in [2.75, 3.05) is 0 Å². The minimum Gasteiger partial charge on any atom is -0.299 e. The predicted octanol–water partition coefficient (Wildman–Crippen LogP) is 3.93. The Morgan fingerprint density at radius 2 is 1.81 bits per heavy atom. The van der Waals surface area contributed by atoms with E-state index in [2.05, 4.69) is 33.8 Å². The highest BCUT2D eigenvalue weighted by atomic mass is 16.1. The van der Waals surface area contributed by atoms with Gasteiger partial charge in [-0.3, -0.25) is 4.79 Å². The standard InChI is InChI=1S/C15H22O/c1-12-7-5-6-8-13(12)11-14(16)9-10-15(2,3)4/h5-8H,9-11H2,1-4H3. The number of rotatable bonds is 4. The van der Waals surface area contributed by atoms with Gasteiger partial charge in [-0.15, -0.1) is 0 Å². The van der Waals surface area contributed by atoms with Crippen molar-refractivity contribution in [3.05, 3.63) is 35.4 Å². The molecule has 1 rings (SSSR count). The number of benzene rings is 1. The summed E-state index contributed by atoms with van der Waals surface area (Å²) in [5.74, 6) is 0.351. The van der Waals surface area contributed by atoms with Crippen LogP contribution in [0.15, 0.2) is 24.3 Å². The summed E-state index contributed by atoms with van der Waals surface area (Å²) < 4.78 is 0. The van der Waals surface area contributed by atoms with E-state index < -0.39 is 0 Å². The minimum absolute atomic E-state index is 0.251. The molecule has 1 nitrogen and oxygen atoms in total. The predicted molar refractivity (Wildman–Crippen MR) is 68.6 cm³/mol. The van der Waals surface area contributed by atoms with Crippen molar-refractivity contribution in [3.63, 3.8) is 0 Å². The van der Waals surface area contributed by atoms with Crippen molar-refractivity contribution in [1.29, 1.82) is 0 Å². The van der Waals surface area contributed by atoms with E-state index in [1.54, 1.807) is 0 Å². The smallest absolute Gasteiger partial charge is 0.137 e. The van der Waals surface area contributed by atoms with Gasteiger partial charge in [0.15, 0.2) is 0 Å². The van der Waals surface area contributed by atoms with Gasteiger partial charge < -0.3 is 0 Å². The Labute approximate surface area is 98.9 Å². The molecule has 0 bridgehead atoms. The van der Waals surface area contributed by atoms with E-state index in [0.29, 0.717) is 18.6 Å². The first kappa shape index (κ1) is 13.0. The molecule has 0 aromatic heterocycles. The van der Waals surface area contributed by atoms with Gasteiger partial charge >= 0.3 is 0 Å². The monoisotopic (exact) mass is 218 g/mol. The van der Waals surface area contributed by atoms with Crippen LogP contribution in [0.5, 0.6) is 0 Å². The first-order chi connectivity index (χ1) is 7.38. The van der Waals surface area contributed by atoms with E-state index in [1.165, 1.54) is 11.1 Å². The third kappa shape index (κ3) is 4.61. The van der Waals surface area contributed by atoms with Crippen molar-refractivity contribution < 1.29 is 4.79 Å². The fraction of sp³-hybridized carbons (Fsp3) is 0.533. The Morgan fingerprint density at radius 1 is 1.19 bits per heavy atom. The maximum atomic E-state index is 11.8. The molecule has 0 saturated heterocycles. The number of hydrogen-bond acceptors (Lipinski definition) is 1. The zero-order chi connectivity index (χ0) is 12.2. The summed E-state index contributed by atoms with van der Waals surface area (Å²) in [6.45, 7) is 8.59. The molecule has 0 heterocycles. The molecule has 0 aliphatic heterocycles. The largest absolute Gasteiger partial charge is 0.299 e. The van der Waals surface area contributed by atoms with Crippen LogP contribution < -0.4 is 0 Å². The van der Waals surface area contributed by atoms with Gasteiger partial charge in [-0.2, -0.15) is 0 Å². The van der Waals surface area contributed by atoms with E-state index in [-0.39, 0.29) is 5.41 Å². The average Bonchev–Trinajstić information content (AvgIpc) is 2.18. The summed E-state index contributed by atoms with van der Waals surface area (Å²) in [6, 6.07) is 8.12. The van der Waals surface area contributed by atoms with Crippen LogP contribution in [-0.4, -0.2) is 5.78 Å². The summed E-state index contributed by atoms with van der Waals surface area (Å²) >= 11 is 0.